The summed E-state index contributed by atoms with van der Waals surface area (Å²) in [7, 11) is 1.54. The van der Waals surface area contributed by atoms with E-state index in [1.165, 1.54) is 12.5 Å². The lowest BCUT2D eigenvalue weighted by Gasteiger charge is -2.07. The molecule has 124 valence electrons. The van der Waals surface area contributed by atoms with Gasteiger partial charge in [-0.15, -0.1) is 0 Å². The molecule has 0 aliphatic carbocycles. The maximum absolute atomic E-state index is 12.7. The van der Waals surface area contributed by atoms with E-state index in [1.54, 1.807) is 48.3 Å². The van der Waals surface area contributed by atoms with Crippen LogP contribution < -0.4 is 16.0 Å². The highest BCUT2D eigenvalue weighted by Gasteiger charge is 2.12. The number of aromatic amines is 1. The second-order valence-electron chi connectivity index (χ2n) is 5.17. The van der Waals surface area contributed by atoms with Crippen LogP contribution in [0.2, 0.25) is 0 Å². The first-order valence-corrected chi connectivity index (χ1v) is 7.32. The quantitative estimate of drug-likeness (QED) is 0.589. The first kappa shape index (κ1) is 14.8. The van der Waals surface area contributed by atoms with Crippen molar-refractivity contribution in [3.05, 3.63) is 70.0 Å². The molecular weight excluding hydrogens is 324 g/mol. The van der Waals surface area contributed by atoms with Gasteiger partial charge in [-0.25, -0.2) is 19.3 Å². The topological polar surface area (TPSA) is 108 Å². The molecule has 3 heterocycles. The molecule has 0 radical (unpaired) electrons. The number of aromatic nitrogens is 6. The van der Waals surface area contributed by atoms with E-state index in [0.717, 1.165) is 4.57 Å². The minimum atomic E-state index is -0.585. The molecule has 0 aliphatic heterocycles. The van der Waals surface area contributed by atoms with E-state index >= 15 is 0 Å². The molecule has 3 aromatic heterocycles. The van der Waals surface area contributed by atoms with Crippen LogP contribution >= 0.6 is 0 Å². The van der Waals surface area contributed by atoms with Crippen molar-refractivity contribution in [1.29, 1.82) is 0 Å². The number of imidazole rings is 1. The molecule has 0 unspecified atom stereocenters. The van der Waals surface area contributed by atoms with Crippen LogP contribution in [0.25, 0.3) is 22.7 Å². The van der Waals surface area contributed by atoms with Crippen LogP contribution in [-0.2, 0) is 0 Å². The van der Waals surface area contributed by atoms with Gasteiger partial charge in [0.25, 0.3) is 5.56 Å². The summed E-state index contributed by atoms with van der Waals surface area (Å²) in [4.78, 5) is 40.0. The van der Waals surface area contributed by atoms with Crippen LogP contribution in [0, 0.1) is 0 Å². The van der Waals surface area contributed by atoms with Crippen LogP contribution in [-0.4, -0.2) is 36.2 Å². The first-order chi connectivity index (χ1) is 12.2. The van der Waals surface area contributed by atoms with Crippen molar-refractivity contribution in [2.75, 3.05) is 7.11 Å². The zero-order valence-corrected chi connectivity index (χ0v) is 13.1. The molecule has 4 rings (SSSR count). The maximum atomic E-state index is 12.7. The number of ether oxygens (including phenoxy) is 1. The van der Waals surface area contributed by atoms with Gasteiger partial charge in [-0.3, -0.25) is 14.3 Å². The molecule has 0 aliphatic rings. The number of benzene rings is 1. The minimum absolute atomic E-state index is 0.165. The Bertz CT molecular complexity index is 1160. The van der Waals surface area contributed by atoms with Crippen LogP contribution in [0.4, 0.5) is 0 Å². The fraction of sp³-hybridized carbons (Fsp3) is 0.0625. The number of H-pyrrole nitrogens is 1. The van der Waals surface area contributed by atoms with Crippen LogP contribution in [0.15, 0.2) is 58.8 Å². The smallest absolute Gasteiger partial charge is 0.334 e. The number of hydrogen-bond acceptors (Lipinski definition) is 6. The van der Waals surface area contributed by atoms with E-state index in [0.29, 0.717) is 17.4 Å². The molecule has 0 saturated carbocycles. The molecule has 1 aromatic carbocycles. The summed E-state index contributed by atoms with van der Waals surface area (Å²) in [6.07, 6.45) is 6.16. The lowest BCUT2D eigenvalue weighted by molar-refractivity contribution is 0.414. The summed E-state index contributed by atoms with van der Waals surface area (Å²) in [5.41, 5.74) is -0.495. The van der Waals surface area contributed by atoms with Crippen molar-refractivity contribution in [2.24, 2.45) is 0 Å². The largest absolute Gasteiger partial charge is 0.497 e. The summed E-state index contributed by atoms with van der Waals surface area (Å²) in [6.45, 7) is 0. The third kappa shape index (κ3) is 2.47. The highest BCUT2D eigenvalue weighted by molar-refractivity contribution is 5.73. The van der Waals surface area contributed by atoms with Crippen molar-refractivity contribution in [3.8, 4) is 17.4 Å². The predicted molar refractivity (Wildman–Crippen MR) is 89.4 cm³/mol. The van der Waals surface area contributed by atoms with Gasteiger partial charge in [0, 0.05) is 18.6 Å². The molecule has 0 fully saturated rings. The zero-order chi connectivity index (χ0) is 17.4. The Labute approximate surface area is 140 Å². The van der Waals surface area contributed by atoms with Crippen molar-refractivity contribution < 1.29 is 4.74 Å². The fourth-order valence-electron chi connectivity index (χ4n) is 2.46. The zero-order valence-electron chi connectivity index (χ0n) is 13.1. The Hall–Kier alpha value is -3.75. The number of hydrogen-bond donors (Lipinski definition) is 1. The molecular formula is C16H12N6O3. The van der Waals surface area contributed by atoms with E-state index < -0.39 is 11.2 Å². The van der Waals surface area contributed by atoms with Gasteiger partial charge >= 0.3 is 5.69 Å². The fourth-order valence-corrected chi connectivity index (χ4v) is 2.46. The van der Waals surface area contributed by atoms with Crippen molar-refractivity contribution >= 4 is 11.0 Å². The number of nitrogens with zero attached hydrogens (tertiary/aromatic N) is 5. The van der Waals surface area contributed by atoms with E-state index in [9.17, 15) is 9.59 Å². The Morgan fingerprint density at radius 2 is 1.96 bits per heavy atom. The Balaban J connectivity index is 1.91. The van der Waals surface area contributed by atoms with Gasteiger partial charge in [0.1, 0.15) is 17.5 Å². The highest BCUT2D eigenvalue weighted by Crippen LogP contribution is 2.13. The number of methoxy groups -OCH3 is 1. The normalized spacial score (nSPS) is 10.9. The monoisotopic (exact) mass is 336 g/mol. The minimum Gasteiger partial charge on any atom is -0.497 e. The molecule has 0 spiro atoms. The van der Waals surface area contributed by atoms with Crippen molar-refractivity contribution in [3.63, 3.8) is 0 Å². The van der Waals surface area contributed by atoms with Gasteiger partial charge in [0.2, 0.25) is 5.95 Å². The summed E-state index contributed by atoms with van der Waals surface area (Å²) < 4.78 is 7.69. The third-order valence-corrected chi connectivity index (χ3v) is 3.70. The number of nitrogens with one attached hydrogen (secondary N) is 1. The molecule has 9 heteroatoms. The van der Waals surface area contributed by atoms with Gasteiger partial charge in [0.15, 0.2) is 5.65 Å². The van der Waals surface area contributed by atoms with E-state index in [2.05, 4.69) is 19.9 Å². The van der Waals surface area contributed by atoms with Gasteiger partial charge in [-0.2, -0.15) is 4.98 Å². The molecule has 1 N–H and O–H groups in total. The Morgan fingerprint density at radius 1 is 1.16 bits per heavy atom. The summed E-state index contributed by atoms with van der Waals surface area (Å²) in [6, 6.07) is 6.60. The first-order valence-electron chi connectivity index (χ1n) is 7.32. The van der Waals surface area contributed by atoms with Crippen LogP contribution in [0.1, 0.15) is 0 Å². The molecule has 0 atom stereocenters. The van der Waals surface area contributed by atoms with Crippen molar-refractivity contribution in [2.45, 2.75) is 0 Å². The Kier molecular flexibility index (Phi) is 3.38. The molecule has 25 heavy (non-hydrogen) atoms. The SMILES string of the molecule is COc1ccc(-n2c(=O)[nH]c3nc(-n4ccnc4)ncc3c2=O)cc1. The van der Waals surface area contributed by atoms with E-state index in [1.807, 2.05) is 0 Å². The number of rotatable bonds is 3. The predicted octanol–water partition coefficient (Wildman–Crippen LogP) is 0.663. The molecule has 0 bridgehead atoms. The lowest BCUT2D eigenvalue weighted by atomic mass is 10.3. The highest BCUT2D eigenvalue weighted by atomic mass is 16.5. The van der Waals surface area contributed by atoms with Gasteiger partial charge in [-0.1, -0.05) is 0 Å². The second-order valence-corrected chi connectivity index (χ2v) is 5.17. The maximum Gasteiger partial charge on any atom is 0.334 e. The molecule has 4 aromatic rings. The van der Waals surface area contributed by atoms with Crippen LogP contribution in [0.5, 0.6) is 5.75 Å². The van der Waals surface area contributed by atoms with E-state index in [4.69, 9.17) is 4.74 Å². The number of fused-ring (bicyclic) bond motifs is 1. The van der Waals surface area contributed by atoms with Gasteiger partial charge in [-0.05, 0) is 24.3 Å². The van der Waals surface area contributed by atoms with Crippen molar-refractivity contribution in [1.82, 2.24) is 29.1 Å². The molecule has 9 nitrogen and oxygen atoms in total. The average molecular weight is 336 g/mol. The lowest BCUT2D eigenvalue weighted by Crippen LogP contribution is -2.34. The van der Waals surface area contributed by atoms with Gasteiger partial charge < -0.3 is 4.74 Å². The molecule has 0 amide bonds. The Morgan fingerprint density at radius 3 is 2.64 bits per heavy atom. The molecule has 0 saturated heterocycles. The van der Waals surface area contributed by atoms with Crippen LogP contribution in [0.3, 0.4) is 0 Å². The summed E-state index contributed by atoms with van der Waals surface area (Å²) >= 11 is 0. The van der Waals surface area contributed by atoms with Gasteiger partial charge in [0.05, 0.1) is 12.8 Å². The summed E-state index contributed by atoms with van der Waals surface area (Å²) in [5.74, 6) is 0.935. The standard InChI is InChI=1S/C16H12N6O3/c1-25-11-4-2-10(3-5-11)22-14(23)12-8-18-15(21-7-6-17-9-21)19-13(12)20-16(22)24/h2-9H,1H3,(H,18,19,20,24). The third-order valence-electron chi connectivity index (χ3n) is 3.70. The second kappa shape index (κ2) is 5.71. The summed E-state index contributed by atoms with van der Waals surface area (Å²) in [5, 5.41) is 0.208. The van der Waals surface area contributed by atoms with E-state index in [-0.39, 0.29) is 11.0 Å². The average Bonchev–Trinajstić information content (AvgIpc) is 3.16.